The van der Waals surface area contributed by atoms with Crippen molar-refractivity contribution in [3.63, 3.8) is 0 Å². The molecule has 84 valence electrons. The first kappa shape index (κ1) is 11.8. The Balaban J connectivity index is 2.44. The molecule has 0 aliphatic carbocycles. The van der Waals surface area contributed by atoms with Crippen LogP contribution in [-0.2, 0) is 0 Å². The number of nitrogens with one attached hydrogen (secondary N) is 1. The molecule has 2 aromatic rings. The van der Waals surface area contributed by atoms with Gasteiger partial charge >= 0.3 is 0 Å². The Labute approximate surface area is 112 Å². The maximum atomic E-state index is 4.52. The van der Waals surface area contributed by atoms with Crippen molar-refractivity contribution in [3.05, 3.63) is 21.3 Å². The van der Waals surface area contributed by atoms with Gasteiger partial charge in [0.15, 0.2) is 0 Å². The highest BCUT2D eigenvalue weighted by Crippen LogP contribution is 2.29. The SMILES string of the molecule is CC(C)=NNc1nc2c(C)cc(I)cc2s1. The molecule has 0 bridgehead atoms. The van der Waals surface area contributed by atoms with Crippen LogP contribution in [0.25, 0.3) is 10.2 Å². The lowest BCUT2D eigenvalue weighted by Crippen LogP contribution is -1.91. The Morgan fingerprint density at radius 3 is 2.88 bits per heavy atom. The van der Waals surface area contributed by atoms with E-state index in [1.165, 1.54) is 13.8 Å². The summed E-state index contributed by atoms with van der Waals surface area (Å²) in [5.74, 6) is 0. The number of halogens is 1. The Hall–Kier alpha value is -0.690. The molecule has 2 rings (SSSR count). The molecule has 0 aliphatic heterocycles. The average Bonchev–Trinajstić information content (AvgIpc) is 2.57. The van der Waals surface area contributed by atoms with Crippen LogP contribution >= 0.6 is 33.9 Å². The Bertz CT molecular complexity index is 556. The Morgan fingerprint density at radius 2 is 2.19 bits per heavy atom. The molecule has 0 saturated carbocycles. The van der Waals surface area contributed by atoms with E-state index in [0.717, 1.165) is 16.4 Å². The van der Waals surface area contributed by atoms with Gasteiger partial charge in [-0.2, -0.15) is 5.10 Å². The minimum atomic E-state index is 0.848. The summed E-state index contributed by atoms with van der Waals surface area (Å²) in [5.41, 5.74) is 6.24. The lowest BCUT2D eigenvalue weighted by atomic mass is 10.2. The van der Waals surface area contributed by atoms with Gasteiger partial charge in [0.2, 0.25) is 5.13 Å². The average molecular weight is 345 g/mol. The van der Waals surface area contributed by atoms with Crippen LogP contribution in [-0.4, -0.2) is 10.7 Å². The van der Waals surface area contributed by atoms with E-state index in [0.29, 0.717) is 0 Å². The van der Waals surface area contributed by atoms with Crippen LogP contribution in [0.3, 0.4) is 0 Å². The van der Waals surface area contributed by atoms with Gasteiger partial charge in [-0.25, -0.2) is 4.98 Å². The van der Waals surface area contributed by atoms with Crippen molar-refractivity contribution in [2.45, 2.75) is 20.8 Å². The second-order valence-corrected chi connectivity index (χ2v) is 6.04. The molecule has 0 saturated heterocycles. The van der Waals surface area contributed by atoms with Crippen molar-refractivity contribution in [1.82, 2.24) is 4.98 Å². The third-order valence-electron chi connectivity index (χ3n) is 2.03. The van der Waals surface area contributed by atoms with E-state index < -0.39 is 0 Å². The molecule has 0 fully saturated rings. The number of hydrogen-bond donors (Lipinski definition) is 1. The van der Waals surface area contributed by atoms with E-state index in [2.05, 4.69) is 57.2 Å². The number of aromatic nitrogens is 1. The van der Waals surface area contributed by atoms with Gasteiger partial charge in [0, 0.05) is 9.28 Å². The van der Waals surface area contributed by atoms with Gasteiger partial charge < -0.3 is 0 Å². The van der Waals surface area contributed by atoms with Crippen molar-refractivity contribution < 1.29 is 0 Å². The monoisotopic (exact) mass is 345 g/mol. The largest absolute Gasteiger partial charge is 0.253 e. The fraction of sp³-hybridized carbons (Fsp3) is 0.273. The van der Waals surface area contributed by atoms with Gasteiger partial charge in [0.05, 0.1) is 10.2 Å². The zero-order valence-corrected chi connectivity index (χ0v) is 12.3. The fourth-order valence-electron chi connectivity index (χ4n) is 1.36. The zero-order valence-electron chi connectivity index (χ0n) is 9.34. The van der Waals surface area contributed by atoms with Crippen LogP contribution in [0.1, 0.15) is 19.4 Å². The third kappa shape index (κ3) is 2.52. The molecule has 0 aliphatic rings. The first-order valence-corrected chi connectivity index (χ1v) is 6.79. The summed E-state index contributed by atoms with van der Waals surface area (Å²) in [5, 5.41) is 5.00. The normalized spacial score (nSPS) is 10.5. The highest BCUT2D eigenvalue weighted by Gasteiger charge is 2.06. The van der Waals surface area contributed by atoms with Crippen LogP contribution in [0, 0.1) is 10.5 Å². The van der Waals surface area contributed by atoms with E-state index in [4.69, 9.17) is 0 Å². The van der Waals surface area contributed by atoms with Gasteiger partial charge in [-0.1, -0.05) is 11.3 Å². The maximum Gasteiger partial charge on any atom is 0.204 e. The standard InChI is InChI=1S/C11H12IN3S/c1-6(2)14-15-11-13-10-7(3)4-8(12)5-9(10)16-11/h4-5H,1-3H3,(H,13,15). The molecule has 5 heteroatoms. The van der Waals surface area contributed by atoms with E-state index in [1.54, 1.807) is 11.3 Å². The molecule has 1 aromatic heterocycles. The molecule has 1 aromatic carbocycles. The molecular formula is C11H12IN3S. The smallest absolute Gasteiger partial charge is 0.204 e. The number of hydrogen-bond acceptors (Lipinski definition) is 4. The maximum absolute atomic E-state index is 4.52. The molecule has 3 nitrogen and oxygen atoms in total. The number of anilines is 1. The van der Waals surface area contributed by atoms with E-state index >= 15 is 0 Å². The number of thiazole rings is 1. The lowest BCUT2D eigenvalue weighted by molar-refractivity contribution is 1.28. The topological polar surface area (TPSA) is 37.3 Å². The van der Waals surface area contributed by atoms with Crippen molar-refractivity contribution in [1.29, 1.82) is 0 Å². The summed E-state index contributed by atoms with van der Waals surface area (Å²) >= 11 is 3.96. The van der Waals surface area contributed by atoms with Crippen LogP contribution in [0.4, 0.5) is 5.13 Å². The van der Waals surface area contributed by atoms with Crippen LogP contribution in [0.15, 0.2) is 17.2 Å². The summed E-state index contributed by atoms with van der Waals surface area (Å²) < 4.78 is 2.45. The molecule has 1 heterocycles. The lowest BCUT2D eigenvalue weighted by Gasteiger charge is -1.94. The van der Waals surface area contributed by atoms with Crippen LogP contribution in [0.2, 0.25) is 0 Å². The van der Waals surface area contributed by atoms with Crippen molar-refractivity contribution in [3.8, 4) is 0 Å². The number of aryl methyl sites for hydroxylation is 1. The summed E-state index contributed by atoms with van der Waals surface area (Å²) in [6.45, 7) is 5.99. The first-order valence-electron chi connectivity index (χ1n) is 4.90. The van der Waals surface area contributed by atoms with E-state index in [1.807, 2.05) is 13.8 Å². The zero-order chi connectivity index (χ0) is 11.7. The predicted octanol–water partition coefficient (Wildman–Crippen LogP) is 4.02. The van der Waals surface area contributed by atoms with Crippen LogP contribution in [0.5, 0.6) is 0 Å². The predicted molar refractivity (Wildman–Crippen MR) is 79.5 cm³/mol. The van der Waals surface area contributed by atoms with Gasteiger partial charge in [0.1, 0.15) is 0 Å². The highest BCUT2D eigenvalue weighted by molar-refractivity contribution is 14.1. The van der Waals surface area contributed by atoms with Crippen molar-refractivity contribution in [2.75, 3.05) is 5.43 Å². The summed E-state index contributed by atoms with van der Waals surface area (Å²) in [6, 6.07) is 4.29. The van der Waals surface area contributed by atoms with Gasteiger partial charge in [-0.15, -0.1) is 0 Å². The molecule has 0 unspecified atom stereocenters. The minimum absolute atomic E-state index is 0.848. The van der Waals surface area contributed by atoms with Gasteiger partial charge in [0.25, 0.3) is 0 Å². The number of nitrogens with zero attached hydrogens (tertiary/aromatic N) is 2. The number of rotatable bonds is 2. The third-order valence-corrected chi connectivity index (χ3v) is 3.56. The second-order valence-electron chi connectivity index (χ2n) is 3.76. The Kier molecular flexibility index (Phi) is 3.44. The summed E-state index contributed by atoms with van der Waals surface area (Å²) in [7, 11) is 0. The van der Waals surface area contributed by atoms with Crippen molar-refractivity contribution >= 4 is 55.0 Å². The summed E-state index contributed by atoms with van der Waals surface area (Å²) in [4.78, 5) is 4.52. The van der Waals surface area contributed by atoms with E-state index in [-0.39, 0.29) is 0 Å². The summed E-state index contributed by atoms with van der Waals surface area (Å²) in [6.07, 6.45) is 0. The van der Waals surface area contributed by atoms with Crippen molar-refractivity contribution in [2.24, 2.45) is 5.10 Å². The quantitative estimate of drug-likeness (QED) is 0.507. The van der Waals surface area contributed by atoms with E-state index in [9.17, 15) is 0 Å². The second kappa shape index (κ2) is 4.67. The Morgan fingerprint density at radius 1 is 1.44 bits per heavy atom. The minimum Gasteiger partial charge on any atom is -0.253 e. The van der Waals surface area contributed by atoms with Gasteiger partial charge in [-0.3, -0.25) is 5.43 Å². The molecular weight excluding hydrogens is 333 g/mol. The number of benzene rings is 1. The molecule has 0 spiro atoms. The molecule has 0 amide bonds. The molecule has 16 heavy (non-hydrogen) atoms. The molecule has 1 N–H and O–H groups in total. The fourth-order valence-corrected chi connectivity index (χ4v) is 3.28. The highest BCUT2D eigenvalue weighted by atomic mass is 127. The molecule has 0 radical (unpaired) electrons. The number of fused-ring (bicyclic) bond motifs is 1. The van der Waals surface area contributed by atoms with Gasteiger partial charge in [-0.05, 0) is 61.1 Å². The van der Waals surface area contributed by atoms with Crippen LogP contribution < -0.4 is 5.43 Å². The first-order chi connectivity index (χ1) is 7.56. The number of hydrazone groups is 1. The molecule has 0 atom stereocenters.